The molecule has 0 aliphatic rings. The number of hydrogen-bond acceptors (Lipinski definition) is 4. The van der Waals surface area contributed by atoms with E-state index >= 15 is 0 Å². The minimum absolute atomic E-state index is 0.0307. The summed E-state index contributed by atoms with van der Waals surface area (Å²) in [5.41, 5.74) is 2.52. The Bertz CT molecular complexity index is 830. The summed E-state index contributed by atoms with van der Waals surface area (Å²) >= 11 is 0. The van der Waals surface area contributed by atoms with E-state index < -0.39 is 14.9 Å². The fourth-order valence-electron chi connectivity index (χ4n) is 2.24. The number of nitrogens with zero attached hydrogens (tertiary/aromatic N) is 2. The van der Waals surface area contributed by atoms with Crippen molar-refractivity contribution >= 4 is 21.4 Å². The molecule has 0 saturated heterocycles. The van der Waals surface area contributed by atoms with Crippen molar-refractivity contribution in [3.05, 3.63) is 63.7 Å². The summed E-state index contributed by atoms with van der Waals surface area (Å²) in [7, 11) is -3.77. The molecule has 0 spiro atoms. The summed E-state index contributed by atoms with van der Waals surface area (Å²) in [6.07, 6.45) is 0. The molecule has 0 saturated carbocycles. The number of anilines is 1. The predicted octanol–water partition coefficient (Wildman–Crippen LogP) is 3.43. The number of aryl methyl sites for hydroxylation is 2. The van der Waals surface area contributed by atoms with Crippen LogP contribution in [0, 0.1) is 24.0 Å². The van der Waals surface area contributed by atoms with Crippen molar-refractivity contribution < 1.29 is 13.3 Å². The van der Waals surface area contributed by atoms with Gasteiger partial charge in [0.15, 0.2) is 0 Å². The Morgan fingerprint density at radius 3 is 2.13 bits per heavy atom. The van der Waals surface area contributed by atoms with E-state index in [9.17, 15) is 18.5 Å². The third-order valence-corrected chi connectivity index (χ3v) is 5.62. The molecule has 0 fully saturated rings. The van der Waals surface area contributed by atoms with Gasteiger partial charge in [-0.1, -0.05) is 6.07 Å². The van der Waals surface area contributed by atoms with Crippen LogP contribution in [0.2, 0.25) is 0 Å². The number of benzene rings is 2. The second-order valence-corrected chi connectivity index (χ2v) is 7.05. The van der Waals surface area contributed by atoms with Gasteiger partial charge in [-0.25, -0.2) is 8.42 Å². The van der Waals surface area contributed by atoms with Crippen LogP contribution in [-0.2, 0) is 10.0 Å². The maximum atomic E-state index is 12.8. The number of nitro groups is 1. The number of non-ortho nitro benzene ring substituents is 1. The Morgan fingerprint density at radius 1 is 1.04 bits per heavy atom. The summed E-state index contributed by atoms with van der Waals surface area (Å²) in [6.45, 7) is 5.89. The topological polar surface area (TPSA) is 80.5 Å². The molecule has 0 amide bonds. The van der Waals surface area contributed by atoms with Gasteiger partial charge in [0.25, 0.3) is 15.7 Å². The van der Waals surface area contributed by atoms with Gasteiger partial charge in [-0.15, -0.1) is 0 Å². The summed E-state index contributed by atoms with van der Waals surface area (Å²) in [5.74, 6) is 0. The van der Waals surface area contributed by atoms with Crippen LogP contribution in [0.5, 0.6) is 0 Å². The van der Waals surface area contributed by atoms with Crippen LogP contribution in [0.4, 0.5) is 11.4 Å². The van der Waals surface area contributed by atoms with E-state index in [1.54, 1.807) is 13.0 Å². The van der Waals surface area contributed by atoms with Gasteiger partial charge in [0.1, 0.15) is 0 Å². The molecule has 6 nitrogen and oxygen atoms in total. The molecule has 0 aliphatic heterocycles. The zero-order chi connectivity index (χ0) is 17.2. The van der Waals surface area contributed by atoms with Gasteiger partial charge in [0, 0.05) is 18.7 Å². The summed E-state index contributed by atoms with van der Waals surface area (Å²) in [5, 5.41) is 10.7. The monoisotopic (exact) mass is 334 g/mol. The van der Waals surface area contributed by atoms with E-state index in [4.69, 9.17) is 0 Å². The second-order valence-electron chi connectivity index (χ2n) is 5.19. The van der Waals surface area contributed by atoms with Crippen LogP contribution in [0.3, 0.4) is 0 Å². The van der Waals surface area contributed by atoms with Crippen molar-refractivity contribution in [2.45, 2.75) is 25.7 Å². The Kier molecular flexibility index (Phi) is 4.70. The highest BCUT2D eigenvalue weighted by atomic mass is 32.2. The Labute approximate surface area is 135 Å². The first-order valence-corrected chi connectivity index (χ1v) is 8.56. The smallest absolute Gasteiger partial charge is 0.267 e. The van der Waals surface area contributed by atoms with E-state index in [1.807, 2.05) is 26.0 Å². The van der Waals surface area contributed by atoms with Crippen LogP contribution in [0.25, 0.3) is 0 Å². The molecule has 23 heavy (non-hydrogen) atoms. The first-order chi connectivity index (χ1) is 10.8. The van der Waals surface area contributed by atoms with Gasteiger partial charge in [-0.2, -0.15) is 0 Å². The minimum Gasteiger partial charge on any atom is -0.267 e. The van der Waals surface area contributed by atoms with Crippen molar-refractivity contribution in [3.8, 4) is 0 Å². The van der Waals surface area contributed by atoms with Crippen LogP contribution in [-0.4, -0.2) is 19.9 Å². The van der Waals surface area contributed by atoms with E-state index in [0.717, 1.165) is 11.1 Å². The van der Waals surface area contributed by atoms with E-state index in [1.165, 1.54) is 28.6 Å². The normalized spacial score (nSPS) is 11.3. The van der Waals surface area contributed by atoms with E-state index in [2.05, 4.69) is 0 Å². The van der Waals surface area contributed by atoms with Gasteiger partial charge in [-0.3, -0.25) is 14.4 Å². The van der Waals surface area contributed by atoms with Crippen molar-refractivity contribution in [1.29, 1.82) is 0 Å². The molecule has 0 unspecified atom stereocenters. The number of sulfonamides is 1. The van der Waals surface area contributed by atoms with Gasteiger partial charge in [-0.05, 0) is 56.2 Å². The molecule has 2 aromatic rings. The van der Waals surface area contributed by atoms with Crippen molar-refractivity contribution in [1.82, 2.24) is 0 Å². The third-order valence-electron chi connectivity index (χ3n) is 3.70. The molecular weight excluding hydrogens is 316 g/mol. The van der Waals surface area contributed by atoms with E-state index in [0.29, 0.717) is 5.69 Å². The number of nitro benzene ring substituents is 1. The zero-order valence-electron chi connectivity index (χ0n) is 13.2. The average molecular weight is 334 g/mol. The van der Waals surface area contributed by atoms with Crippen molar-refractivity contribution in [2.75, 3.05) is 10.8 Å². The Balaban J connectivity index is 2.46. The summed E-state index contributed by atoms with van der Waals surface area (Å²) < 4.78 is 26.9. The molecule has 0 bridgehead atoms. The van der Waals surface area contributed by atoms with Gasteiger partial charge in [0.05, 0.1) is 15.5 Å². The fraction of sp³-hybridized carbons (Fsp3) is 0.250. The third kappa shape index (κ3) is 3.34. The lowest BCUT2D eigenvalue weighted by Gasteiger charge is -2.23. The standard InChI is InChI=1S/C16H18N2O4S/c1-4-17(15-6-5-12(2)13(3)11-15)23(21,22)16-9-7-14(8-10-16)18(19)20/h5-11H,4H2,1-3H3. The molecule has 0 aromatic heterocycles. The highest BCUT2D eigenvalue weighted by Crippen LogP contribution is 2.26. The van der Waals surface area contributed by atoms with Crippen LogP contribution in [0.15, 0.2) is 47.4 Å². The molecule has 122 valence electrons. The molecular formula is C16H18N2O4S. The van der Waals surface area contributed by atoms with Gasteiger partial charge in [0.2, 0.25) is 0 Å². The molecule has 0 atom stereocenters. The Hall–Kier alpha value is -2.41. The molecule has 0 radical (unpaired) electrons. The van der Waals surface area contributed by atoms with Gasteiger partial charge < -0.3 is 0 Å². The maximum Gasteiger partial charge on any atom is 0.269 e. The SMILES string of the molecule is CCN(c1ccc(C)c(C)c1)S(=O)(=O)c1ccc([N+](=O)[O-])cc1. The molecule has 0 N–H and O–H groups in total. The predicted molar refractivity (Wildman–Crippen MR) is 89.2 cm³/mol. The fourth-order valence-corrected chi connectivity index (χ4v) is 3.70. The van der Waals surface area contributed by atoms with Crippen LogP contribution in [0.1, 0.15) is 18.1 Å². The molecule has 0 heterocycles. The molecule has 2 aromatic carbocycles. The number of rotatable bonds is 5. The lowest BCUT2D eigenvalue weighted by Crippen LogP contribution is -2.30. The summed E-state index contributed by atoms with van der Waals surface area (Å²) in [6, 6.07) is 10.4. The van der Waals surface area contributed by atoms with Crippen LogP contribution >= 0.6 is 0 Å². The molecule has 0 aliphatic carbocycles. The Morgan fingerprint density at radius 2 is 1.65 bits per heavy atom. The largest absolute Gasteiger partial charge is 0.269 e. The lowest BCUT2D eigenvalue weighted by atomic mass is 10.1. The molecule has 7 heteroatoms. The van der Waals surface area contributed by atoms with Crippen molar-refractivity contribution in [3.63, 3.8) is 0 Å². The lowest BCUT2D eigenvalue weighted by molar-refractivity contribution is -0.384. The zero-order valence-corrected chi connectivity index (χ0v) is 14.0. The van der Waals surface area contributed by atoms with Crippen molar-refractivity contribution in [2.24, 2.45) is 0 Å². The number of hydrogen-bond donors (Lipinski definition) is 0. The van der Waals surface area contributed by atoms with Crippen LogP contribution < -0.4 is 4.31 Å². The minimum atomic E-state index is -3.77. The first kappa shape index (κ1) is 17.0. The van der Waals surface area contributed by atoms with Gasteiger partial charge >= 0.3 is 0 Å². The maximum absolute atomic E-state index is 12.8. The highest BCUT2D eigenvalue weighted by Gasteiger charge is 2.24. The molecule has 2 rings (SSSR count). The average Bonchev–Trinajstić information content (AvgIpc) is 2.51. The second kappa shape index (κ2) is 6.37. The first-order valence-electron chi connectivity index (χ1n) is 7.12. The van der Waals surface area contributed by atoms with E-state index in [-0.39, 0.29) is 17.1 Å². The highest BCUT2D eigenvalue weighted by molar-refractivity contribution is 7.92. The summed E-state index contributed by atoms with van der Waals surface area (Å²) in [4.78, 5) is 10.2. The quantitative estimate of drug-likeness (QED) is 0.620.